The van der Waals surface area contributed by atoms with Crippen molar-refractivity contribution in [1.29, 1.82) is 0 Å². The van der Waals surface area contributed by atoms with Crippen molar-refractivity contribution >= 4 is 39.8 Å². The first-order chi connectivity index (χ1) is 24.1. The Hall–Kier alpha value is -5.03. The molecule has 6 rings (SSSR count). The largest absolute Gasteiger partial charge is 0.588 e. The lowest BCUT2D eigenvalue weighted by Gasteiger charge is -2.40. The quantitative estimate of drug-likeness (QED) is 0.172. The lowest BCUT2D eigenvalue weighted by Crippen LogP contribution is -2.56. The van der Waals surface area contributed by atoms with Crippen molar-refractivity contribution in [2.24, 2.45) is 4.99 Å². The van der Waals surface area contributed by atoms with Crippen molar-refractivity contribution < 1.29 is 55.1 Å². The SMILES string of the molecule is CCOC(=O)C1=C(C(=O)OCC)C2N(Cc3ccc(C(F)(F)F)cc3)c3ccccc3[C@@]23C[C@@H](C(=O)OC)N([S+](=O)([O-])c2c(C)noc2C)C3=N1. The number of aryl methyl sites for hydroxylation is 2. The van der Waals surface area contributed by atoms with Crippen LogP contribution in [0.1, 0.15) is 48.4 Å². The van der Waals surface area contributed by atoms with Gasteiger partial charge in [0.15, 0.2) is 33.7 Å². The van der Waals surface area contributed by atoms with E-state index in [-0.39, 0.29) is 53.9 Å². The average Bonchev–Trinajstić information content (AvgIpc) is 3.72. The van der Waals surface area contributed by atoms with E-state index in [1.54, 1.807) is 36.1 Å². The van der Waals surface area contributed by atoms with Crippen molar-refractivity contribution in [1.82, 2.24) is 9.46 Å². The molecule has 2 unspecified atom stereocenters. The van der Waals surface area contributed by atoms with Crippen molar-refractivity contribution in [2.45, 2.75) is 69.2 Å². The van der Waals surface area contributed by atoms with Crippen LogP contribution in [0.2, 0.25) is 0 Å². The summed E-state index contributed by atoms with van der Waals surface area (Å²) in [6.07, 6.45) is -4.90. The third-order valence-corrected chi connectivity index (χ3v) is 11.2. The second kappa shape index (κ2) is 12.9. The van der Waals surface area contributed by atoms with Gasteiger partial charge in [0.1, 0.15) is 5.69 Å². The van der Waals surface area contributed by atoms with Gasteiger partial charge in [-0.2, -0.15) is 17.5 Å². The molecule has 0 amide bonds. The maximum absolute atomic E-state index is 14.7. The van der Waals surface area contributed by atoms with Gasteiger partial charge in [-0.1, -0.05) is 39.7 Å². The van der Waals surface area contributed by atoms with E-state index in [0.29, 0.717) is 16.8 Å². The van der Waals surface area contributed by atoms with Gasteiger partial charge in [-0.25, -0.2) is 19.4 Å². The van der Waals surface area contributed by atoms with Crippen molar-refractivity contribution in [3.63, 3.8) is 0 Å². The van der Waals surface area contributed by atoms with E-state index in [9.17, 15) is 36.3 Å². The Morgan fingerprint density at radius 1 is 1.04 bits per heavy atom. The Kier molecular flexibility index (Phi) is 9.08. The highest BCUT2D eigenvalue weighted by atomic mass is 32.3. The van der Waals surface area contributed by atoms with Crippen molar-refractivity contribution in [2.75, 3.05) is 25.2 Å². The first-order valence-electron chi connectivity index (χ1n) is 15.9. The molecule has 2 aromatic carbocycles. The zero-order valence-corrected chi connectivity index (χ0v) is 28.9. The normalized spacial score (nSPS) is 22.1. The Balaban J connectivity index is 1.67. The lowest BCUT2D eigenvalue weighted by atomic mass is 9.69. The lowest BCUT2D eigenvalue weighted by molar-refractivity contribution is -0.144. The molecule has 4 heterocycles. The Labute approximate surface area is 291 Å². The van der Waals surface area contributed by atoms with Crippen molar-refractivity contribution in [3.05, 3.63) is 87.9 Å². The molecule has 0 N–H and O–H groups in total. The number of hydrogen-bond donors (Lipinski definition) is 0. The smallest absolute Gasteiger partial charge is 0.416 e. The number of halogens is 3. The predicted molar refractivity (Wildman–Crippen MR) is 173 cm³/mol. The number of hydrogen-bond acceptors (Lipinski definition) is 12. The maximum Gasteiger partial charge on any atom is 0.416 e. The van der Waals surface area contributed by atoms with Crippen LogP contribution in [0.25, 0.3) is 0 Å². The average molecular weight is 731 g/mol. The number of carbonyl (C=O) groups is 3. The molecular weight excluding hydrogens is 697 g/mol. The summed E-state index contributed by atoms with van der Waals surface area (Å²) in [4.78, 5) is 47.3. The summed E-state index contributed by atoms with van der Waals surface area (Å²) in [5.74, 6) is -3.33. The number of fused-ring (bicyclic) bond motifs is 1. The minimum absolute atomic E-state index is 0.00542. The summed E-state index contributed by atoms with van der Waals surface area (Å²) in [5.41, 5.74) is -2.06. The number of esters is 3. The van der Waals surface area contributed by atoms with Gasteiger partial charge in [0.25, 0.3) is 0 Å². The number of aromatic nitrogens is 1. The van der Waals surface area contributed by atoms with Gasteiger partial charge in [-0.15, -0.1) is 0 Å². The molecule has 3 aliphatic rings. The fourth-order valence-corrected chi connectivity index (χ4v) is 9.21. The first-order valence-corrected chi connectivity index (χ1v) is 17.3. The Morgan fingerprint density at radius 3 is 2.27 bits per heavy atom. The van der Waals surface area contributed by atoms with Crippen LogP contribution < -0.4 is 4.90 Å². The third-order valence-electron chi connectivity index (χ3n) is 9.18. The number of carbonyl (C=O) groups excluding carboxylic acids is 3. The van der Waals surface area contributed by atoms with Gasteiger partial charge in [0.05, 0.1) is 42.9 Å². The van der Waals surface area contributed by atoms with E-state index in [1.165, 1.54) is 32.9 Å². The molecule has 3 aliphatic heterocycles. The van der Waals surface area contributed by atoms with Crippen LogP contribution in [0, 0.1) is 13.8 Å². The fraction of sp³-hybridized carbons (Fsp3) is 0.382. The standard InChI is InChI=1S/C34H33F3N4O9S/c1-6-48-30(43)25-26(31(44)49-7-2)38-32-33(16-24(29(42)47-5)41(32)51(45,46)27-18(3)39-50-19(27)4)22-10-8-9-11-23(22)40(28(25)33)17-20-12-14-21(15-13-20)34(35,36)37/h8-15,24,28H,6-7,16-17H2,1-5H3/t24-,28?,33-/m0/s1. The summed E-state index contributed by atoms with van der Waals surface area (Å²) in [6.45, 7) is 5.51. The highest BCUT2D eigenvalue weighted by Gasteiger charge is 2.70. The molecule has 3 aromatic rings. The molecule has 0 saturated carbocycles. The molecule has 1 aromatic heterocycles. The number of methoxy groups -OCH3 is 1. The van der Waals surface area contributed by atoms with Crippen molar-refractivity contribution in [3.8, 4) is 0 Å². The number of aliphatic imine (C=N–C) groups is 1. The number of anilines is 1. The topological polar surface area (TPSA) is 164 Å². The molecule has 0 radical (unpaired) electrons. The molecule has 17 heteroatoms. The molecule has 13 nitrogen and oxygen atoms in total. The maximum atomic E-state index is 14.7. The monoisotopic (exact) mass is 730 g/mol. The zero-order chi connectivity index (χ0) is 37.0. The van der Waals surface area contributed by atoms with Crippen LogP contribution in [0.4, 0.5) is 18.9 Å². The van der Waals surface area contributed by atoms with E-state index in [2.05, 4.69) is 10.1 Å². The number of ether oxygens (including phenoxy) is 3. The Bertz CT molecular complexity index is 2010. The van der Waals surface area contributed by atoms with E-state index >= 15 is 0 Å². The number of alkyl halides is 3. The molecule has 4 atom stereocenters. The van der Waals surface area contributed by atoms with E-state index < -0.39 is 63.2 Å². The number of nitrogens with zero attached hydrogens (tertiary/aromatic N) is 4. The summed E-state index contributed by atoms with van der Waals surface area (Å²) in [7, 11) is -3.66. The highest BCUT2D eigenvalue weighted by molar-refractivity contribution is 7.96. The predicted octanol–water partition coefficient (Wildman–Crippen LogP) is 4.58. The number of benzene rings is 2. The number of para-hydroxylation sites is 1. The Morgan fingerprint density at radius 2 is 1.69 bits per heavy atom. The van der Waals surface area contributed by atoms with E-state index in [4.69, 9.17) is 18.7 Å². The number of sulfonamides is 1. The van der Waals surface area contributed by atoms with Gasteiger partial charge in [0, 0.05) is 25.6 Å². The summed E-state index contributed by atoms with van der Waals surface area (Å²) >= 11 is 0. The van der Waals surface area contributed by atoms with Gasteiger partial charge in [-0.3, -0.25) is 0 Å². The molecule has 1 saturated heterocycles. The first kappa shape index (κ1) is 35.8. The molecule has 1 spiro atoms. The van der Waals surface area contributed by atoms with Crippen LogP contribution in [-0.4, -0.2) is 70.2 Å². The molecule has 0 aliphatic carbocycles. The zero-order valence-electron chi connectivity index (χ0n) is 28.1. The van der Waals surface area contributed by atoms with E-state index in [0.717, 1.165) is 23.5 Å². The second-order valence-corrected chi connectivity index (χ2v) is 13.8. The van der Waals surface area contributed by atoms with Crippen LogP contribution in [0.3, 0.4) is 0 Å². The summed E-state index contributed by atoms with van der Waals surface area (Å²) < 4.78 is 91.8. The van der Waals surface area contributed by atoms with Crippen LogP contribution in [0.5, 0.6) is 0 Å². The van der Waals surface area contributed by atoms with Gasteiger partial charge in [0.2, 0.25) is 4.90 Å². The van der Waals surface area contributed by atoms with Crippen LogP contribution >= 0.6 is 0 Å². The van der Waals surface area contributed by atoms with Gasteiger partial charge in [-0.05, 0) is 50.1 Å². The second-order valence-electron chi connectivity index (χ2n) is 12.0. The highest BCUT2D eigenvalue weighted by Crippen LogP contribution is 2.59. The summed E-state index contributed by atoms with van der Waals surface area (Å²) in [6, 6.07) is 8.31. The molecule has 51 heavy (non-hydrogen) atoms. The van der Waals surface area contributed by atoms with Gasteiger partial charge >= 0.3 is 24.1 Å². The number of amidine groups is 1. The molecule has 1 fully saturated rings. The minimum Gasteiger partial charge on any atom is -0.588 e. The molecule has 270 valence electrons. The fourth-order valence-electron chi connectivity index (χ4n) is 7.27. The third kappa shape index (κ3) is 5.58. The molecule has 0 bridgehead atoms. The van der Waals surface area contributed by atoms with Crippen LogP contribution in [-0.2, 0) is 61.3 Å². The minimum atomic E-state index is -4.75. The molecular formula is C34H33F3N4O9S. The van der Waals surface area contributed by atoms with Crippen LogP contribution in [0.15, 0.2) is 74.2 Å². The van der Waals surface area contributed by atoms with E-state index in [1.807, 2.05) is 0 Å². The summed E-state index contributed by atoms with van der Waals surface area (Å²) in [5, 5.41) is 3.79. The van der Waals surface area contributed by atoms with Gasteiger partial charge < -0.3 is 28.2 Å². The number of rotatable bonds is 9.